The molecule has 0 saturated carbocycles. The molecule has 0 aromatic heterocycles. The smallest absolute Gasteiger partial charge is 0.223 e. The van der Waals surface area contributed by atoms with E-state index in [4.69, 9.17) is 10.5 Å². The third kappa shape index (κ3) is 1.81. The minimum Gasteiger partial charge on any atom is -0.469 e. The summed E-state index contributed by atoms with van der Waals surface area (Å²) in [5.41, 5.74) is 5.60. The number of hydrogen-bond donors (Lipinski definition) is 2. The van der Waals surface area contributed by atoms with Gasteiger partial charge in [-0.1, -0.05) is 0 Å². The maximum atomic E-state index is 10.3. The van der Waals surface area contributed by atoms with Crippen molar-refractivity contribution in [3.8, 4) is 0 Å². The molecule has 0 spiro atoms. The van der Waals surface area contributed by atoms with Crippen molar-refractivity contribution in [3.63, 3.8) is 0 Å². The van der Waals surface area contributed by atoms with E-state index in [0.717, 1.165) is 0 Å². The second-order valence-electron chi connectivity index (χ2n) is 1.87. The third-order valence-corrected chi connectivity index (χ3v) is 0.990. The lowest BCUT2D eigenvalue weighted by Crippen LogP contribution is -2.18. The van der Waals surface area contributed by atoms with Gasteiger partial charge in [0.05, 0.1) is 12.1 Å². The minimum absolute atomic E-state index is 0.185. The first-order valence-corrected chi connectivity index (χ1v) is 2.83. The molecule has 1 rings (SSSR count). The molecule has 3 N–H and O–H groups in total. The van der Waals surface area contributed by atoms with Gasteiger partial charge in [0.1, 0.15) is 12.5 Å². The first kappa shape index (κ1) is 6.67. The Bertz CT molecular complexity index is 196. The van der Waals surface area contributed by atoms with Crippen LogP contribution in [0.5, 0.6) is 0 Å². The molecule has 0 aliphatic carbocycles. The summed E-state index contributed by atoms with van der Waals surface area (Å²) in [7, 11) is 0. The Kier molecular flexibility index (Phi) is 1.94. The molecular weight excluding hydrogens is 132 g/mol. The molecule has 54 valence electrons. The van der Waals surface area contributed by atoms with E-state index in [1.807, 2.05) is 0 Å². The quantitative estimate of drug-likeness (QED) is 0.558. The van der Waals surface area contributed by atoms with Crippen molar-refractivity contribution in [1.82, 2.24) is 5.32 Å². The van der Waals surface area contributed by atoms with Gasteiger partial charge >= 0.3 is 0 Å². The Morgan fingerprint density at radius 3 is 3.10 bits per heavy atom. The van der Waals surface area contributed by atoms with Crippen molar-refractivity contribution in [2.45, 2.75) is 6.42 Å². The lowest BCUT2D eigenvalue weighted by atomic mass is 10.3. The normalized spacial score (nSPS) is 15.0. The zero-order valence-corrected chi connectivity index (χ0v) is 5.33. The second kappa shape index (κ2) is 2.91. The Balaban J connectivity index is 2.41. The van der Waals surface area contributed by atoms with E-state index in [-0.39, 0.29) is 12.3 Å². The molecule has 1 aliphatic rings. The molecule has 0 aromatic carbocycles. The molecule has 1 amide bonds. The predicted molar refractivity (Wildman–Crippen MR) is 35.3 cm³/mol. The first-order chi connectivity index (χ1) is 4.79. The molecule has 0 fully saturated rings. The van der Waals surface area contributed by atoms with Gasteiger partial charge in [-0.15, -0.1) is 0 Å². The number of amides is 1. The van der Waals surface area contributed by atoms with Crippen LogP contribution in [0, 0.1) is 0 Å². The monoisotopic (exact) mass is 140 g/mol. The fourth-order valence-electron chi connectivity index (χ4n) is 0.616. The zero-order valence-electron chi connectivity index (χ0n) is 5.33. The predicted octanol–water partition coefficient (Wildman–Crippen LogP) is -0.206. The summed E-state index contributed by atoms with van der Waals surface area (Å²) in [6.45, 7) is 0. The summed E-state index contributed by atoms with van der Waals surface area (Å²) >= 11 is 0. The Morgan fingerprint density at radius 1 is 1.80 bits per heavy atom. The highest BCUT2D eigenvalue weighted by Crippen LogP contribution is 2.00. The molecule has 4 heteroatoms. The average Bonchev–Trinajstić information content (AvgIpc) is 1.88. The largest absolute Gasteiger partial charge is 0.469 e. The number of ether oxygens (including phenoxy) is 1. The fraction of sp³-hybridized carbons (Fsp3) is 0.167. The molecule has 1 heterocycles. The van der Waals surface area contributed by atoms with Gasteiger partial charge in [-0.3, -0.25) is 4.79 Å². The van der Waals surface area contributed by atoms with Crippen LogP contribution < -0.4 is 11.1 Å². The topological polar surface area (TPSA) is 64.4 Å². The summed E-state index contributed by atoms with van der Waals surface area (Å²) in [5, 5.41) is 2.81. The molecular formula is C6H8N2O2. The standard InChI is InChI=1S/C6H8N2O2/c7-6(9)3-5-4-10-2-1-8-5/h1-2,4,8H,3H2,(H2,7,9). The van der Waals surface area contributed by atoms with E-state index >= 15 is 0 Å². The van der Waals surface area contributed by atoms with Gasteiger partial charge in [0, 0.05) is 6.20 Å². The lowest BCUT2D eigenvalue weighted by Gasteiger charge is -2.07. The van der Waals surface area contributed by atoms with Crippen LogP contribution in [0.15, 0.2) is 24.4 Å². The Hall–Kier alpha value is -1.45. The maximum Gasteiger partial charge on any atom is 0.223 e. The third-order valence-electron chi connectivity index (χ3n) is 0.990. The summed E-state index contributed by atoms with van der Waals surface area (Å²) in [6.07, 6.45) is 4.71. The first-order valence-electron chi connectivity index (χ1n) is 2.83. The van der Waals surface area contributed by atoms with Gasteiger partial charge < -0.3 is 15.8 Å². The van der Waals surface area contributed by atoms with Crippen molar-refractivity contribution in [3.05, 3.63) is 24.4 Å². The van der Waals surface area contributed by atoms with E-state index in [0.29, 0.717) is 5.70 Å². The van der Waals surface area contributed by atoms with Crippen molar-refractivity contribution < 1.29 is 9.53 Å². The molecule has 0 bridgehead atoms. The molecule has 0 saturated heterocycles. The van der Waals surface area contributed by atoms with Crippen LogP contribution in [0.4, 0.5) is 0 Å². The number of rotatable bonds is 2. The van der Waals surface area contributed by atoms with Crippen molar-refractivity contribution >= 4 is 5.91 Å². The summed E-state index contributed by atoms with van der Waals surface area (Å²) in [6, 6.07) is 0. The highest BCUT2D eigenvalue weighted by atomic mass is 16.5. The molecule has 10 heavy (non-hydrogen) atoms. The van der Waals surface area contributed by atoms with Gasteiger partial charge in [-0.2, -0.15) is 0 Å². The number of nitrogens with two attached hydrogens (primary N) is 1. The Morgan fingerprint density at radius 2 is 2.60 bits per heavy atom. The fourth-order valence-corrected chi connectivity index (χ4v) is 0.616. The second-order valence-corrected chi connectivity index (χ2v) is 1.87. The van der Waals surface area contributed by atoms with Crippen LogP contribution >= 0.6 is 0 Å². The van der Waals surface area contributed by atoms with Crippen LogP contribution in [-0.2, 0) is 9.53 Å². The summed E-state index contributed by atoms with van der Waals surface area (Å²) in [5.74, 6) is -0.377. The number of carbonyl (C=O) groups excluding carboxylic acids is 1. The number of hydrogen-bond acceptors (Lipinski definition) is 3. The molecule has 4 nitrogen and oxygen atoms in total. The van der Waals surface area contributed by atoms with Gasteiger partial charge in [0.25, 0.3) is 0 Å². The van der Waals surface area contributed by atoms with Crippen LogP contribution in [0.3, 0.4) is 0 Å². The Labute approximate surface area is 58.3 Å². The van der Waals surface area contributed by atoms with E-state index in [2.05, 4.69) is 5.32 Å². The molecule has 0 radical (unpaired) electrons. The van der Waals surface area contributed by atoms with Gasteiger partial charge in [0.2, 0.25) is 5.91 Å². The van der Waals surface area contributed by atoms with Crippen LogP contribution in [-0.4, -0.2) is 5.91 Å². The van der Waals surface area contributed by atoms with Crippen molar-refractivity contribution in [2.75, 3.05) is 0 Å². The highest BCUT2D eigenvalue weighted by Gasteiger charge is 2.01. The SMILES string of the molecule is NC(=O)CC1=COC=CN1. The minimum atomic E-state index is -0.377. The lowest BCUT2D eigenvalue weighted by molar-refractivity contribution is -0.117. The van der Waals surface area contributed by atoms with Crippen molar-refractivity contribution in [1.29, 1.82) is 0 Å². The number of nitrogens with one attached hydrogen (secondary N) is 1. The number of primary amides is 1. The summed E-state index contributed by atoms with van der Waals surface area (Å²) < 4.78 is 4.77. The van der Waals surface area contributed by atoms with Crippen molar-refractivity contribution in [2.24, 2.45) is 5.73 Å². The maximum absolute atomic E-state index is 10.3. The van der Waals surface area contributed by atoms with Gasteiger partial charge in [0.15, 0.2) is 0 Å². The molecule has 1 aliphatic heterocycles. The highest BCUT2D eigenvalue weighted by molar-refractivity contribution is 5.76. The average molecular weight is 140 g/mol. The zero-order chi connectivity index (χ0) is 7.40. The molecule has 0 unspecified atom stereocenters. The number of carbonyl (C=O) groups is 1. The van der Waals surface area contributed by atoms with E-state index < -0.39 is 0 Å². The van der Waals surface area contributed by atoms with Crippen LogP contribution in [0.1, 0.15) is 6.42 Å². The molecule has 0 aromatic rings. The van der Waals surface area contributed by atoms with E-state index in [1.165, 1.54) is 12.5 Å². The van der Waals surface area contributed by atoms with E-state index in [9.17, 15) is 4.79 Å². The van der Waals surface area contributed by atoms with Crippen LogP contribution in [0.2, 0.25) is 0 Å². The van der Waals surface area contributed by atoms with E-state index in [1.54, 1.807) is 6.20 Å². The van der Waals surface area contributed by atoms with Gasteiger partial charge in [-0.05, 0) is 0 Å². The summed E-state index contributed by atoms with van der Waals surface area (Å²) in [4.78, 5) is 10.3. The van der Waals surface area contributed by atoms with Crippen LogP contribution in [0.25, 0.3) is 0 Å². The van der Waals surface area contributed by atoms with Gasteiger partial charge in [-0.25, -0.2) is 0 Å². The molecule has 0 atom stereocenters.